The monoisotopic (exact) mass is 313 g/mol. The Bertz CT molecular complexity index is 309. The highest BCUT2D eigenvalue weighted by Gasteiger charge is 2.48. The number of carbonyl (C=O) groups is 1. The van der Waals surface area contributed by atoms with E-state index in [2.05, 4.69) is 0 Å². The Morgan fingerprint density at radius 1 is 1.25 bits per heavy atom. The third kappa shape index (κ3) is 4.83. The molecule has 1 rings (SSSR count). The highest BCUT2D eigenvalue weighted by molar-refractivity contribution is 6.18. The fourth-order valence-electron chi connectivity index (χ4n) is 2.84. The fourth-order valence-corrected chi connectivity index (χ4v) is 3.04. The maximum absolute atomic E-state index is 13.1. The average Bonchev–Trinajstić information content (AvgIpc) is 2.42. The standard InChI is InChI=1S/C14H23ClF3NO/c1-2-3-9-19(10-8-15)13(20)11-6-4-5-7-12(11)14(16,17)18/h11-12H,2-10H2,1H3. The van der Waals surface area contributed by atoms with Crippen molar-refractivity contribution >= 4 is 17.5 Å². The Kier molecular flexibility index (Phi) is 7.13. The summed E-state index contributed by atoms with van der Waals surface area (Å²) in [5.74, 6) is -2.49. The van der Waals surface area contributed by atoms with Crippen LogP contribution in [0.2, 0.25) is 0 Å². The van der Waals surface area contributed by atoms with Gasteiger partial charge >= 0.3 is 6.18 Å². The van der Waals surface area contributed by atoms with E-state index in [1.54, 1.807) is 0 Å². The second-order valence-electron chi connectivity index (χ2n) is 5.41. The van der Waals surface area contributed by atoms with Gasteiger partial charge in [0.2, 0.25) is 5.91 Å². The molecule has 1 fully saturated rings. The number of halogens is 4. The molecule has 6 heteroatoms. The number of carbonyl (C=O) groups excluding carboxylic acids is 1. The number of nitrogens with zero attached hydrogens (tertiary/aromatic N) is 1. The largest absolute Gasteiger partial charge is 0.392 e. The van der Waals surface area contributed by atoms with Gasteiger partial charge in [0.15, 0.2) is 0 Å². The van der Waals surface area contributed by atoms with Gasteiger partial charge in [0, 0.05) is 24.9 Å². The third-order valence-electron chi connectivity index (χ3n) is 3.95. The van der Waals surface area contributed by atoms with Crippen LogP contribution in [0.3, 0.4) is 0 Å². The van der Waals surface area contributed by atoms with Crippen LogP contribution in [-0.4, -0.2) is 36.0 Å². The Labute approximate surface area is 123 Å². The maximum Gasteiger partial charge on any atom is 0.392 e. The van der Waals surface area contributed by atoms with Crippen molar-refractivity contribution in [3.8, 4) is 0 Å². The quantitative estimate of drug-likeness (QED) is 0.672. The van der Waals surface area contributed by atoms with Crippen LogP contribution in [0.5, 0.6) is 0 Å². The summed E-state index contributed by atoms with van der Waals surface area (Å²) in [6.45, 7) is 2.83. The van der Waals surface area contributed by atoms with E-state index in [-0.39, 0.29) is 18.2 Å². The minimum absolute atomic E-state index is 0.0718. The molecule has 1 amide bonds. The second-order valence-corrected chi connectivity index (χ2v) is 5.78. The molecule has 20 heavy (non-hydrogen) atoms. The first-order valence-electron chi connectivity index (χ1n) is 7.33. The molecular weight excluding hydrogens is 291 g/mol. The summed E-state index contributed by atoms with van der Waals surface area (Å²) in [5.41, 5.74) is 0. The maximum atomic E-state index is 13.1. The topological polar surface area (TPSA) is 20.3 Å². The highest BCUT2D eigenvalue weighted by Crippen LogP contribution is 2.42. The predicted octanol–water partition coefficient (Wildman–Crippen LogP) is 4.22. The predicted molar refractivity (Wildman–Crippen MR) is 73.7 cm³/mol. The lowest BCUT2D eigenvalue weighted by Crippen LogP contribution is -2.45. The molecule has 2 unspecified atom stereocenters. The Morgan fingerprint density at radius 2 is 1.90 bits per heavy atom. The van der Waals surface area contributed by atoms with Crippen LogP contribution in [0.4, 0.5) is 13.2 Å². The molecule has 1 aliphatic rings. The van der Waals surface area contributed by atoms with Crippen molar-refractivity contribution in [1.29, 1.82) is 0 Å². The number of amides is 1. The average molecular weight is 314 g/mol. The van der Waals surface area contributed by atoms with E-state index < -0.39 is 18.0 Å². The lowest BCUT2D eigenvalue weighted by molar-refractivity contribution is -0.200. The summed E-state index contributed by atoms with van der Waals surface area (Å²) in [6.07, 6.45) is -0.913. The highest BCUT2D eigenvalue weighted by atomic mass is 35.5. The summed E-state index contributed by atoms with van der Waals surface area (Å²) in [5, 5.41) is 0. The summed E-state index contributed by atoms with van der Waals surface area (Å²) in [6, 6.07) is 0. The summed E-state index contributed by atoms with van der Waals surface area (Å²) in [7, 11) is 0. The zero-order valence-corrected chi connectivity index (χ0v) is 12.6. The molecular formula is C14H23ClF3NO. The van der Waals surface area contributed by atoms with E-state index in [1.165, 1.54) is 4.90 Å². The molecule has 0 saturated heterocycles. The van der Waals surface area contributed by atoms with Crippen molar-refractivity contribution in [3.63, 3.8) is 0 Å². The minimum Gasteiger partial charge on any atom is -0.341 e. The molecule has 0 bridgehead atoms. The first kappa shape index (κ1) is 17.6. The molecule has 2 nitrogen and oxygen atoms in total. The van der Waals surface area contributed by atoms with E-state index in [0.717, 1.165) is 12.8 Å². The number of alkyl halides is 4. The SMILES string of the molecule is CCCCN(CCCl)C(=O)C1CCCCC1C(F)(F)F. The second kappa shape index (κ2) is 8.11. The number of rotatable bonds is 6. The molecule has 0 aromatic rings. The third-order valence-corrected chi connectivity index (χ3v) is 4.12. The number of unbranched alkanes of at least 4 members (excludes halogenated alkanes) is 1. The van der Waals surface area contributed by atoms with Crippen molar-refractivity contribution in [2.45, 2.75) is 51.6 Å². The Morgan fingerprint density at radius 3 is 2.45 bits per heavy atom. The van der Waals surface area contributed by atoms with Crippen molar-refractivity contribution in [2.75, 3.05) is 19.0 Å². The van der Waals surface area contributed by atoms with Gasteiger partial charge in [-0.3, -0.25) is 4.79 Å². The Hall–Kier alpha value is -0.450. The van der Waals surface area contributed by atoms with Gasteiger partial charge in [0.25, 0.3) is 0 Å². The summed E-state index contributed by atoms with van der Waals surface area (Å²) in [4.78, 5) is 13.9. The molecule has 0 radical (unpaired) electrons. The lowest BCUT2D eigenvalue weighted by Gasteiger charge is -2.35. The van der Waals surface area contributed by atoms with Crippen LogP contribution in [-0.2, 0) is 4.79 Å². The molecule has 118 valence electrons. The summed E-state index contributed by atoms with van der Waals surface area (Å²) >= 11 is 5.67. The smallest absolute Gasteiger partial charge is 0.341 e. The fraction of sp³-hybridized carbons (Fsp3) is 0.929. The molecule has 0 heterocycles. The van der Waals surface area contributed by atoms with Crippen molar-refractivity contribution < 1.29 is 18.0 Å². The first-order chi connectivity index (χ1) is 9.41. The Balaban J connectivity index is 2.78. The molecule has 1 aliphatic carbocycles. The van der Waals surface area contributed by atoms with E-state index in [0.29, 0.717) is 32.4 Å². The van der Waals surface area contributed by atoms with Gasteiger partial charge in [-0.2, -0.15) is 13.2 Å². The van der Waals surface area contributed by atoms with Gasteiger partial charge in [0.05, 0.1) is 5.92 Å². The zero-order chi connectivity index (χ0) is 15.2. The van der Waals surface area contributed by atoms with Crippen LogP contribution in [0, 0.1) is 11.8 Å². The summed E-state index contributed by atoms with van der Waals surface area (Å²) < 4.78 is 39.2. The minimum atomic E-state index is -4.28. The molecule has 0 spiro atoms. The van der Waals surface area contributed by atoms with Gasteiger partial charge in [-0.15, -0.1) is 11.6 Å². The molecule has 0 N–H and O–H groups in total. The van der Waals surface area contributed by atoms with Gasteiger partial charge < -0.3 is 4.90 Å². The zero-order valence-electron chi connectivity index (χ0n) is 11.9. The van der Waals surface area contributed by atoms with Crippen LogP contribution in [0.25, 0.3) is 0 Å². The normalized spacial score (nSPS) is 23.6. The van der Waals surface area contributed by atoms with Gasteiger partial charge in [-0.05, 0) is 19.3 Å². The molecule has 1 saturated carbocycles. The molecule has 2 atom stereocenters. The molecule has 0 aliphatic heterocycles. The van der Waals surface area contributed by atoms with E-state index in [1.807, 2.05) is 6.92 Å². The number of hydrogen-bond donors (Lipinski definition) is 0. The van der Waals surface area contributed by atoms with Crippen LogP contribution in [0.1, 0.15) is 45.4 Å². The lowest BCUT2D eigenvalue weighted by atomic mass is 9.78. The molecule has 0 aromatic heterocycles. The van der Waals surface area contributed by atoms with Crippen LogP contribution >= 0.6 is 11.6 Å². The van der Waals surface area contributed by atoms with E-state index >= 15 is 0 Å². The van der Waals surface area contributed by atoms with Crippen LogP contribution in [0.15, 0.2) is 0 Å². The van der Waals surface area contributed by atoms with Crippen molar-refractivity contribution in [3.05, 3.63) is 0 Å². The van der Waals surface area contributed by atoms with Crippen LogP contribution < -0.4 is 0 Å². The number of hydrogen-bond acceptors (Lipinski definition) is 1. The van der Waals surface area contributed by atoms with E-state index in [9.17, 15) is 18.0 Å². The molecule has 0 aromatic carbocycles. The van der Waals surface area contributed by atoms with Gasteiger partial charge in [-0.1, -0.05) is 26.2 Å². The van der Waals surface area contributed by atoms with Gasteiger partial charge in [0.1, 0.15) is 0 Å². The van der Waals surface area contributed by atoms with E-state index in [4.69, 9.17) is 11.6 Å². The van der Waals surface area contributed by atoms with Crippen molar-refractivity contribution in [2.24, 2.45) is 11.8 Å². The van der Waals surface area contributed by atoms with Crippen molar-refractivity contribution in [1.82, 2.24) is 4.90 Å². The first-order valence-corrected chi connectivity index (χ1v) is 7.86. The van der Waals surface area contributed by atoms with Gasteiger partial charge in [-0.25, -0.2) is 0 Å².